The second-order valence-corrected chi connectivity index (χ2v) is 8.38. The summed E-state index contributed by atoms with van der Waals surface area (Å²) in [5.74, 6) is 0.706. The summed E-state index contributed by atoms with van der Waals surface area (Å²) in [7, 11) is -3.58. The van der Waals surface area contributed by atoms with E-state index in [1.165, 1.54) is 0 Å². The third-order valence-corrected chi connectivity index (χ3v) is 5.68. The molecule has 0 spiro atoms. The maximum atomic E-state index is 12.6. The van der Waals surface area contributed by atoms with Gasteiger partial charge in [-0.25, -0.2) is 8.42 Å². The van der Waals surface area contributed by atoms with Gasteiger partial charge in [0.2, 0.25) is 0 Å². The highest BCUT2D eigenvalue weighted by molar-refractivity contribution is 14.0. The standard InChI is InChI=1S/C15H29F3N4O3S.HI/c1-12(2)25-10-4-7-20-14(19-3)21-11-13-5-8-22(9-6-13)26(23,24)15(16,17)18;/h12-13H,4-11H2,1-3H3,(H2,19,20,21);1H. The van der Waals surface area contributed by atoms with Gasteiger partial charge in [-0.3, -0.25) is 4.99 Å². The lowest BCUT2D eigenvalue weighted by Crippen LogP contribution is -2.47. The molecule has 0 aliphatic carbocycles. The molecule has 1 aliphatic rings. The number of sulfonamides is 1. The van der Waals surface area contributed by atoms with Crippen LogP contribution in [0.5, 0.6) is 0 Å². The molecule has 0 bridgehead atoms. The van der Waals surface area contributed by atoms with E-state index in [9.17, 15) is 21.6 Å². The first-order chi connectivity index (χ1) is 12.1. The number of nitrogens with zero attached hydrogens (tertiary/aromatic N) is 2. The van der Waals surface area contributed by atoms with E-state index in [0.717, 1.165) is 6.42 Å². The van der Waals surface area contributed by atoms with Crippen LogP contribution in [0.15, 0.2) is 4.99 Å². The van der Waals surface area contributed by atoms with Crippen LogP contribution in [0, 0.1) is 5.92 Å². The molecule has 0 aromatic heterocycles. The van der Waals surface area contributed by atoms with Gasteiger partial charge in [-0.2, -0.15) is 17.5 Å². The minimum absolute atomic E-state index is 0. The van der Waals surface area contributed by atoms with Crippen LogP contribution in [0.4, 0.5) is 13.2 Å². The molecule has 0 aromatic rings. The third kappa shape index (κ3) is 9.13. The normalized spacial score (nSPS) is 17.7. The van der Waals surface area contributed by atoms with Gasteiger partial charge < -0.3 is 15.4 Å². The van der Waals surface area contributed by atoms with Crippen molar-refractivity contribution in [3.05, 3.63) is 0 Å². The summed E-state index contributed by atoms with van der Waals surface area (Å²) in [6.45, 7) is 5.57. The quantitative estimate of drug-likeness (QED) is 0.218. The van der Waals surface area contributed by atoms with Crippen molar-refractivity contribution in [2.24, 2.45) is 10.9 Å². The smallest absolute Gasteiger partial charge is 0.379 e. The average Bonchev–Trinajstić information content (AvgIpc) is 2.56. The maximum Gasteiger partial charge on any atom is 0.511 e. The van der Waals surface area contributed by atoms with E-state index in [0.29, 0.717) is 42.8 Å². The zero-order chi connectivity index (χ0) is 19.8. The summed E-state index contributed by atoms with van der Waals surface area (Å²) in [5.41, 5.74) is -5.23. The molecule has 1 heterocycles. The number of hydrogen-bond donors (Lipinski definition) is 2. The van der Waals surface area contributed by atoms with E-state index in [-0.39, 0.29) is 49.1 Å². The molecule has 7 nitrogen and oxygen atoms in total. The number of rotatable bonds is 8. The molecule has 12 heteroatoms. The van der Waals surface area contributed by atoms with Crippen molar-refractivity contribution in [3.8, 4) is 0 Å². The molecule has 1 fully saturated rings. The molecule has 0 atom stereocenters. The van der Waals surface area contributed by atoms with Gasteiger partial charge in [0.15, 0.2) is 5.96 Å². The van der Waals surface area contributed by atoms with Crippen LogP contribution >= 0.6 is 24.0 Å². The van der Waals surface area contributed by atoms with Crippen LogP contribution in [0.25, 0.3) is 0 Å². The van der Waals surface area contributed by atoms with Gasteiger partial charge in [0.05, 0.1) is 6.10 Å². The Labute approximate surface area is 176 Å². The topological polar surface area (TPSA) is 83.0 Å². The highest BCUT2D eigenvalue weighted by Crippen LogP contribution is 2.30. The fourth-order valence-electron chi connectivity index (χ4n) is 2.56. The van der Waals surface area contributed by atoms with Gasteiger partial charge >= 0.3 is 15.5 Å². The van der Waals surface area contributed by atoms with E-state index in [1.54, 1.807) is 7.05 Å². The third-order valence-electron chi connectivity index (χ3n) is 4.05. The molecule has 27 heavy (non-hydrogen) atoms. The molecular weight excluding hydrogens is 500 g/mol. The van der Waals surface area contributed by atoms with Crippen molar-refractivity contribution >= 4 is 40.0 Å². The Bertz CT molecular complexity index is 551. The monoisotopic (exact) mass is 530 g/mol. The van der Waals surface area contributed by atoms with Crippen molar-refractivity contribution in [2.75, 3.05) is 39.8 Å². The van der Waals surface area contributed by atoms with Crippen molar-refractivity contribution in [3.63, 3.8) is 0 Å². The lowest BCUT2D eigenvalue weighted by atomic mass is 9.98. The largest absolute Gasteiger partial charge is 0.511 e. The fourth-order valence-corrected chi connectivity index (χ4v) is 3.54. The van der Waals surface area contributed by atoms with Gasteiger partial charge in [0, 0.05) is 39.8 Å². The molecule has 1 aliphatic heterocycles. The molecule has 162 valence electrons. The predicted molar refractivity (Wildman–Crippen MR) is 110 cm³/mol. The van der Waals surface area contributed by atoms with Crippen LogP contribution in [0.1, 0.15) is 33.1 Å². The van der Waals surface area contributed by atoms with E-state index < -0.39 is 15.5 Å². The van der Waals surface area contributed by atoms with Crippen LogP contribution in [-0.4, -0.2) is 70.1 Å². The SMILES string of the molecule is CN=C(NCCCOC(C)C)NCC1CCN(S(=O)(=O)C(F)(F)F)CC1.I. The first kappa shape index (κ1) is 26.7. The Balaban J connectivity index is 0.00000676. The van der Waals surface area contributed by atoms with Crippen LogP contribution in [-0.2, 0) is 14.8 Å². The predicted octanol–water partition coefficient (Wildman–Crippen LogP) is 2.15. The van der Waals surface area contributed by atoms with E-state index >= 15 is 0 Å². The Morgan fingerprint density at radius 2 is 1.85 bits per heavy atom. The summed E-state index contributed by atoms with van der Waals surface area (Å²) in [4.78, 5) is 4.09. The minimum Gasteiger partial charge on any atom is -0.379 e. The first-order valence-corrected chi connectivity index (χ1v) is 10.1. The highest BCUT2D eigenvalue weighted by atomic mass is 127. The zero-order valence-electron chi connectivity index (χ0n) is 15.9. The molecule has 0 radical (unpaired) electrons. The number of piperidine rings is 1. The van der Waals surface area contributed by atoms with Gasteiger partial charge in [0.25, 0.3) is 0 Å². The Morgan fingerprint density at radius 3 is 2.33 bits per heavy atom. The van der Waals surface area contributed by atoms with Crippen molar-refractivity contribution in [1.82, 2.24) is 14.9 Å². The molecular formula is C15H30F3IN4O3S. The molecule has 0 saturated carbocycles. The number of guanidine groups is 1. The van der Waals surface area contributed by atoms with Gasteiger partial charge in [-0.05, 0) is 39.0 Å². The Kier molecular flexibility index (Phi) is 12.1. The number of nitrogens with one attached hydrogen (secondary N) is 2. The van der Waals surface area contributed by atoms with Crippen LogP contribution in [0.3, 0.4) is 0 Å². The Morgan fingerprint density at radius 1 is 1.26 bits per heavy atom. The van der Waals surface area contributed by atoms with Crippen LogP contribution in [0.2, 0.25) is 0 Å². The fraction of sp³-hybridized carbons (Fsp3) is 0.933. The van der Waals surface area contributed by atoms with Crippen molar-refractivity contribution in [1.29, 1.82) is 0 Å². The number of alkyl halides is 3. The highest BCUT2D eigenvalue weighted by Gasteiger charge is 2.50. The summed E-state index contributed by atoms with van der Waals surface area (Å²) in [5, 5.41) is 6.27. The minimum atomic E-state index is -5.23. The summed E-state index contributed by atoms with van der Waals surface area (Å²) in [6, 6.07) is 0. The maximum absolute atomic E-state index is 12.6. The lowest BCUT2D eigenvalue weighted by Gasteiger charge is -2.31. The van der Waals surface area contributed by atoms with Crippen LogP contribution < -0.4 is 10.6 Å². The van der Waals surface area contributed by atoms with Crippen molar-refractivity contribution < 1.29 is 26.3 Å². The number of hydrogen-bond acceptors (Lipinski definition) is 4. The molecule has 0 unspecified atom stereocenters. The van der Waals surface area contributed by atoms with Gasteiger partial charge in [0.1, 0.15) is 0 Å². The van der Waals surface area contributed by atoms with Gasteiger partial charge in [-0.1, -0.05) is 0 Å². The molecule has 2 N–H and O–H groups in total. The summed E-state index contributed by atoms with van der Waals surface area (Å²) >= 11 is 0. The Hall–Kier alpha value is -0.340. The zero-order valence-corrected chi connectivity index (χ0v) is 19.0. The average molecular weight is 530 g/mol. The summed E-state index contributed by atoms with van der Waals surface area (Å²) in [6.07, 6.45) is 1.77. The number of aliphatic imine (C=N–C) groups is 1. The lowest BCUT2D eigenvalue weighted by molar-refractivity contribution is -0.0496. The molecule has 1 saturated heterocycles. The van der Waals surface area contributed by atoms with E-state index in [2.05, 4.69) is 15.6 Å². The van der Waals surface area contributed by atoms with Crippen molar-refractivity contribution in [2.45, 2.75) is 44.7 Å². The van der Waals surface area contributed by atoms with Gasteiger partial charge in [-0.15, -0.1) is 24.0 Å². The number of halogens is 4. The second-order valence-electron chi connectivity index (χ2n) is 6.45. The summed E-state index contributed by atoms with van der Waals surface area (Å²) < 4.78 is 66.4. The second kappa shape index (κ2) is 12.3. The first-order valence-electron chi connectivity index (χ1n) is 8.70. The number of ether oxygens (including phenoxy) is 1. The van der Waals surface area contributed by atoms with E-state index in [1.807, 2.05) is 13.8 Å². The molecule has 1 rings (SSSR count). The van der Waals surface area contributed by atoms with E-state index in [4.69, 9.17) is 4.74 Å². The molecule has 0 aromatic carbocycles. The molecule has 0 amide bonds.